The van der Waals surface area contributed by atoms with Gasteiger partial charge in [-0.25, -0.2) is 0 Å². The van der Waals surface area contributed by atoms with Crippen molar-refractivity contribution >= 4 is 11.6 Å². The second kappa shape index (κ2) is 3.80. The molecule has 1 rings (SSSR count). The van der Waals surface area contributed by atoms with Gasteiger partial charge in [0, 0.05) is 18.7 Å². The lowest BCUT2D eigenvalue weighted by Gasteiger charge is -2.09. The second-order valence-corrected chi connectivity index (χ2v) is 2.95. The van der Waals surface area contributed by atoms with E-state index in [2.05, 4.69) is 5.32 Å². The molecule has 0 aliphatic rings. The molecular weight excluding hydrogens is 211 g/mol. The highest BCUT2D eigenvalue weighted by Crippen LogP contribution is 2.33. The van der Waals surface area contributed by atoms with Crippen molar-refractivity contribution in [1.29, 1.82) is 0 Å². The third kappa shape index (κ3) is 3.16. The summed E-state index contributed by atoms with van der Waals surface area (Å²) in [6, 6.07) is 2.38. The summed E-state index contributed by atoms with van der Waals surface area (Å²) < 4.78 is 36.8. The van der Waals surface area contributed by atoms with Gasteiger partial charge in [0.25, 0.3) is 0 Å². The summed E-state index contributed by atoms with van der Waals surface area (Å²) in [4.78, 5) is 10.6. The summed E-state index contributed by atoms with van der Waals surface area (Å²) >= 11 is 0. The normalized spacial score (nSPS) is 11.2. The van der Waals surface area contributed by atoms with Gasteiger partial charge in [-0.3, -0.25) is 4.79 Å². The van der Waals surface area contributed by atoms with Crippen molar-refractivity contribution in [2.45, 2.75) is 13.1 Å². The van der Waals surface area contributed by atoms with E-state index in [9.17, 15) is 18.0 Å². The number of benzene rings is 1. The van der Waals surface area contributed by atoms with Crippen LogP contribution in [-0.2, 0) is 11.0 Å². The van der Waals surface area contributed by atoms with E-state index in [1.807, 2.05) is 0 Å². The summed E-state index contributed by atoms with van der Waals surface area (Å²) in [6.45, 7) is 1.16. The average Bonchev–Trinajstić information content (AvgIpc) is 1.99. The number of aromatic hydroxyl groups is 1. The zero-order chi connectivity index (χ0) is 11.6. The van der Waals surface area contributed by atoms with Gasteiger partial charge in [0.1, 0.15) is 5.75 Å². The number of alkyl halides is 3. The van der Waals surface area contributed by atoms with Crippen LogP contribution in [0.1, 0.15) is 12.5 Å². The van der Waals surface area contributed by atoms with E-state index >= 15 is 0 Å². The summed E-state index contributed by atoms with van der Waals surface area (Å²) in [7, 11) is 0. The van der Waals surface area contributed by atoms with Gasteiger partial charge in [-0.15, -0.1) is 0 Å². The van der Waals surface area contributed by atoms with E-state index in [-0.39, 0.29) is 5.69 Å². The number of rotatable bonds is 1. The molecule has 0 bridgehead atoms. The Morgan fingerprint density at radius 3 is 2.40 bits per heavy atom. The lowest BCUT2D eigenvalue weighted by atomic mass is 10.2. The Balaban J connectivity index is 3.11. The van der Waals surface area contributed by atoms with Crippen molar-refractivity contribution < 1.29 is 23.1 Å². The summed E-state index contributed by atoms with van der Waals surface area (Å²) in [5.41, 5.74) is -1.10. The molecule has 0 aromatic heterocycles. The summed E-state index contributed by atoms with van der Waals surface area (Å²) in [6.07, 6.45) is -4.55. The number of anilines is 1. The molecular formula is C9H8F3NO2. The highest BCUT2D eigenvalue weighted by molar-refractivity contribution is 5.89. The first-order valence-corrected chi connectivity index (χ1v) is 3.98. The molecule has 6 heteroatoms. The lowest BCUT2D eigenvalue weighted by molar-refractivity contribution is -0.137. The van der Waals surface area contributed by atoms with Gasteiger partial charge in [-0.05, 0) is 12.1 Å². The topological polar surface area (TPSA) is 49.3 Å². The van der Waals surface area contributed by atoms with Gasteiger partial charge >= 0.3 is 6.18 Å². The van der Waals surface area contributed by atoms with E-state index in [0.717, 1.165) is 19.1 Å². The first-order valence-electron chi connectivity index (χ1n) is 3.98. The largest absolute Gasteiger partial charge is 0.508 e. The highest BCUT2D eigenvalue weighted by atomic mass is 19.4. The van der Waals surface area contributed by atoms with E-state index in [0.29, 0.717) is 6.07 Å². The maximum atomic E-state index is 12.3. The fourth-order valence-corrected chi connectivity index (χ4v) is 1.05. The predicted molar refractivity (Wildman–Crippen MR) is 47.4 cm³/mol. The van der Waals surface area contributed by atoms with Gasteiger partial charge < -0.3 is 10.4 Å². The predicted octanol–water partition coefficient (Wildman–Crippen LogP) is 2.37. The third-order valence-corrected chi connectivity index (χ3v) is 1.57. The van der Waals surface area contributed by atoms with Crippen LogP contribution in [0.25, 0.3) is 0 Å². The first-order chi connectivity index (χ1) is 6.79. The van der Waals surface area contributed by atoms with Crippen molar-refractivity contribution in [3.63, 3.8) is 0 Å². The van der Waals surface area contributed by atoms with Gasteiger partial charge in [0.2, 0.25) is 5.91 Å². The number of amides is 1. The Hall–Kier alpha value is -1.72. The molecule has 0 aliphatic carbocycles. The number of phenols is 1. The SMILES string of the molecule is CC(=O)Nc1cc(O)cc(C(F)(F)F)c1. The standard InChI is InChI=1S/C9H8F3NO2/c1-5(14)13-7-2-6(9(10,11)12)3-8(15)4-7/h2-4,15H,1H3,(H,13,14). The molecule has 0 unspecified atom stereocenters. The number of carbonyl (C=O) groups excluding carboxylic acids is 1. The number of halogens is 3. The Morgan fingerprint density at radius 2 is 1.93 bits per heavy atom. The third-order valence-electron chi connectivity index (χ3n) is 1.57. The quantitative estimate of drug-likeness (QED) is 0.761. The Bertz CT molecular complexity index is 387. The molecule has 0 aliphatic heterocycles. The van der Waals surface area contributed by atoms with Gasteiger partial charge in [-0.1, -0.05) is 0 Å². The van der Waals surface area contributed by atoms with Crippen molar-refractivity contribution in [2.75, 3.05) is 5.32 Å². The average molecular weight is 219 g/mol. The molecule has 0 heterocycles. The zero-order valence-electron chi connectivity index (χ0n) is 7.72. The van der Waals surface area contributed by atoms with Crippen molar-refractivity contribution in [1.82, 2.24) is 0 Å². The van der Waals surface area contributed by atoms with Crippen LogP contribution in [0.5, 0.6) is 5.75 Å². The monoisotopic (exact) mass is 219 g/mol. The van der Waals surface area contributed by atoms with Crippen molar-refractivity contribution in [3.8, 4) is 5.75 Å². The minimum absolute atomic E-state index is 0.0881. The molecule has 0 atom stereocenters. The Morgan fingerprint density at radius 1 is 1.33 bits per heavy atom. The van der Waals surface area contributed by atoms with Crippen LogP contribution < -0.4 is 5.32 Å². The minimum Gasteiger partial charge on any atom is -0.508 e. The molecule has 0 fully saturated rings. The van der Waals surface area contributed by atoms with Crippen LogP contribution in [0.3, 0.4) is 0 Å². The van der Waals surface area contributed by atoms with E-state index < -0.39 is 23.4 Å². The van der Waals surface area contributed by atoms with E-state index in [4.69, 9.17) is 5.11 Å². The van der Waals surface area contributed by atoms with Gasteiger partial charge in [-0.2, -0.15) is 13.2 Å². The highest BCUT2D eigenvalue weighted by Gasteiger charge is 2.31. The molecule has 1 amide bonds. The number of carbonyl (C=O) groups is 1. The Kier molecular flexibility index (Phi) is 2.88. The molecule has 0 spiro atoms. The van der Waals surface area contributed by atoms with Crippen LogP contribution in [0.2, 0.25) is 0 Å². The van der Waals surface area contributed by atoms with Crippen LogP contribution in [-0.4, -0.2) is 11.0 Å². The fourth-order valence-electron chi connectivity index (χ4n) is 1.05. The smallest absolute Gasteiger partial charge is 0.416 e. The van der Waals surface area contributed by atoms with E-state index in [1.165, 1.54) is 0 Å². The second-order valence-electron chi connectivity index (χ2n) is 2.95. The molecule has 15 heavy (non-hydrogen) atoms. The number of nitrogens with one attached hydrogen (secondary N) is 1. The molecule has 0 saturated heterocycles. The lowest BCUT2D eigenvalue weighted by Crippen LogP contribution is -2.09. The minimum atomic E-state index is -4.55. The number of hydrogen-bond acceptors (Lipinski definition) is 2. The van der Waals surface area contributed by atoms with Crippen LogP contribution >= 0.6 is 0 Å². The summed E-state index contributed by atoms with van der Waals surface area (Å²) in [5, 5.41) is 11.2. The zero-order valence-corrected chi connectivity index (χ0v) is 7.72. The van der Waals surface area contributed by atoms with Crippen LogP contribution in [0.15, 0.2) is 18.2 Å². The van der Waals surface area contributed by atoms with Crippen molar-refractivity contribution in [3.05, 3.63) is 23.8 Å². The molecule has 1 aromatic carbocycles. The first kappa shape index (κ1) is 11.4. The van der Waals surface area contributed by atoms with Gasteiger partial charge in [0.05, 0.1) is 5.56 Å². The maximum Gasteiger partial charge on any atom is 0.416 e. The number of hydrogen-bond donors (Lipinski definition) is 2. The maximum absolute atomic E-state index is 12.3. The number of phenolic OH excluding ortho intramolecular Hbond substituents is 1. The van der Waals surface area contributed by atoms with Crippen molar-refractivity contribution in [2.24, 2.45) is 0 Å². The van der Waals surface area contributed by atoms with Crippen LogP contribution in [0.4, 0.5) is 18.9 Å². The fraction of sp³-hybridized carbons (Fsp3) is 0.222. The molecule has 2 N–H and O–H groups in total. The molecule has 1 aromatic rings. The summed E-state index contributed by atoms with van der Waals surface area (Å²) in [5.74, 6) is -1.05. The molecule has 3 nitrogen and oxygen atoms in total. The van der Waals surface area contributed by atoms with Crippen LogP contribution in [0, 0.1) is 0 Å². The molecule has 0 saturated carbocycles. The molecule has 82 valence electrons. The van der Waals surface area contributed by atoms with E-state index in [1.54, 1.807) is 0 Å². The molecule has 0 radical (unpaired) electrons. The van der Waals surface area contributed by atoms with Gasteiger partial charge in [0.15, 0.2) is 0 Å². The Labute approximate surface area is 83.5 Å².